The van der Waals surface area contributed by atoms with Crippen LogP contribution < -0.4 is 0 Å². The SMILES string of the molecule is Cc1csc2ccc(C=NO)cc12. The van der Waals surface area contributed by atoms with Gasteiger partial charge in [0.05, 0.1) is 6.21 Å². The fourth-order valence-electron chi connectivity index (χ4n) is 1.32. The Morgan fingerprint density at radius 3 is 3.08 bits per heavy atom. The third-order valence-electron chi connectivity index (χ3n) is 2.00. The lowest BCUT2D eigenvalue weighted by molar-refractivity contribution is 0.322. The van der Waals surface area contributed by atoms with E-state index < -0.39 is 0 Å². The van der Waals surface area contributed by atoms with Gasteiger partial charge >= 0.3 is 0 Å². The number of fused-ring (bicyclic) bond motifs is 1. The summed E-state index contributed by atoms with van der Waals surface area (Å²) >= 11 is 1.73. The van der Waals surface area contributed by atoms with Crippen molar-refractivity contribution < 1.29 is 5.21 Å². The van der Waals surface area contributed by atoms with E-state index in [2.05, 4.69) is 17.5 Å². The third kappa shape index (κ3) is 1.42. The van der Waals surface area contributed by atoms with Crippen LogP contribution in [0.2, 0.25) is 0 Å². The summed E-state index contributed by atoms with van der Waals surface area (Å²) < 4.78 is 1.27. The van der Waals surface area contributed by atoms with Crippen LogP contribution in [-0.2, 0) is 0 Å². The Morgan fingerprint density at radius 2 is 2.31 bits per heavy atom. The van der Waals surface area contributed by atoms with Crippen LogP contribution in [0.5, 0.6) is 0 Å². The van der Waals surface area contributed by atoms with Gasteiger partial charge in [0, 0.05) is 4.70 Å². The van der Waals surface area contributed by atoms with Gasteiger partial charge in [-0.2, -0.15) is 0 Å². The van der Waals surface area contributed by atoms with E-state index in [1.165, 1.54) is 21.9 Å². The normalized spacial score (nSPS) is 11.5. The number of thiophene rings is 1. The summed E-state index contributed by atoms with van der Waals surface area (Å²) in [5, 5.41) is 14.8. The fraction of sp³-hybridized carbons (Fsp3) is 0.100. The van der Waals surface area contributed by atoms with E-state index in [0.29, 0.717) is 0 Å². The van der Waals surface area contributed by atoms with Gasteiger partial charge in [0.1, 0.15) is 0 Å². The van der Waals surface area contributed by atoms with Gasteiger partial charge in [-0.1, -0.05) is 11.2 Å². The van der Waals surface area contributed by atoms with Gasteiger partial charge in [-0.25, -0.2) is 0 Å². The summed E-state index contributed by atoms with van der Waals surface area (Å²) in [6.45, 7) is 2.08. The van der Waals surface area contributed by atoms with Crippen LogP contribution in [0.15, 0.2) is 28.7 Å². The number of oxime groups is 1. The zero-order valence-corrected chi connectivity index (χ0v) is 8.01. The molecule has 0 fully saturated rings. The van der Waals surface area contributed by atoms with E-state index in [1.54, 1.807) is 11.3 Å². The average Bonchev–Trinajstić information content (AvgIpc) is 2.49. The van der Waals surface area contributed by atoms with Crippen LogP contribution in [0.3, 0.4) is 0 Å². The minimum absolute atomic E-state index is 0.927. The van der Waals surface area contributed by atoms with E-state index in [4.69, 9.17) is 5.21 Å². The van der Waals surface area contributed by atoms with Crippen molar-refractivity contribution in [1.29, 1.82) is 0 Å². The summed E-state index contributed by atoms with van der Waals surface area (Å²) in [5.41, 5.74) is 2.20. The molecule has 0 amide bonds. The molecule has 66 valence electrons. The Bertz CT molecular complexity index is 459. The summed E-state index contributed by atoms with van der Waals surface area (Å²) in [7, 11) is 0. The first-order chi connectivity index (χ1) is 6.31. The van der Waals surface area contributed by atoms with E-state index in [1.807, 2.05) is 18.2 Å². The molecule has 0 spiro atoms. The molecule has 0 radical (unpaired) electrons. The molecule has 0 saturated carbocycles. The van der Waals surface area contributed by atoms with Crippen molar-refractivity contribution >= 4 is 27.6 Å². The minimum atomic E-state index is 0.927. The summed E-state index contributed by atoms with van der Waals surface area (Å²) in [4.78, 5) is 0. The molecule has 13 heavy (non-hydrogen) atoms. The van der Waals surface area contributed by atoms with Crippen molar-refractivity contribution in [2.24, 2.45) is 5.16 Å². The van der Waals surface area contributed by atoms with Gasteiger partial charge < -0.3 is 5.21 Å². The molecular weight excluding hydrogens is 182 g/mol. The van der Waals surface area contributed by atoms with Crippen LogP contribution in [0, 0.1) is 6.92 Å². The molecule has 0 saturated heterocycles. The highest BCUT2D eigenvalue weighted by Gasteiger charge is 1.99. The molecule has 0 aliphatic rings. The zero-order chi connectivity index (χ0) is 9.26. The molecular formula is C10H9NOS. The highest BCUT2D eigenvalue weighted by Crippen LogP contribution is 2.25. The Labute approximate surface area is 80.1 Å². The number of benzene rings is 1. The Hall–Kier alpha value is -1.35. The van der Waals surface area contributed by atoms with Gasteiger partial charge in [0.2, 0.25) is 0 Å². The van der Waals surface area contributed by atoms with Gasteiger partial charge in [-0.05, 0) is 40.9 Å². The maximum atomic E-state index is 8.38. The van der Waals surface area contributed by atoms with Crippen molar-refractivity contribution in [3.63, 3.8) is 0 Å². The topological polar surface area (TPSA) is 32.6 Å². The van der Waals surface area contributed by atoms with Crippen molar-refractivity contribution in [3.05, 3.63) is 34.7 Å². The predicted octanol–water partition coefficient (Wildman–Crippen LogP) is 3.02. The molecule has 0 atom stereocenters. The van der Waals surface area contributed by atoms with Crippen LogP contribution in [0.1, 0.15) is 11.1 Å². The van der Waals surface area contributed by atoms with Crippen molar-refractivity contribution in [2.45, 2.75) is 6.92 Å². The van der Waals surface area contributed by atoms with Crippen LogP contribution in [-0.4, -0.2) is 11.4 Å². The lowest BCUT2D eigenvalue weighted by atomic mass is 10.1. The van der Waals surface area contributed by atoms with Crippen molar-refractivity contribution in [3.8, 4) is 0 Å². The molecule has 3 heteroatoms. The van der Waals surface area contributed by atoms with E-state index in [-0.39, 0.29) is 0 Å². The standard InChI is InChI=1S/C10H9NOS/c1-7-6-13-10-3-2-8(5-11-12)4-9(7)10/h2-6,12H,1H3. The van der Waals surface area contributed by atoms with Crippen LogP contribution >= 0.6 is 11.3 Å². The summed E-state index contributed by atoms with van der Waals surface area (Å²) in [5.74, 6) is 0. The molecule has 0 aliphatic carbocycles. The molecule has 1 aromatic heterocycles. The molecule has 2 nitrogen and oxygen atoms in total. The highest BCUT2D eigenvalue weighted by atomic mass is 32.1. The van der Waals surface area contributed by atoms with E-state index in [9.17, 15) is 0 Å². The van der Waals surface area contributed by atoms with Crippen LogP contribution in [0.4, 0.5) is 0 Å². The van der Waals surface area contributed by atoms with Gasteiger partial charge in [-0.3, -0.25) is 0 Å². The number of aryl methyl sites for hydroxylation is 1. The Kier molecular flexibility index (Phi) is 2.02. The number of hydrogen-bond donors (Lipinski definition) is 1. The van der Waals surface area contributed by atoms with Gasteiger partial charge in [-0.15, -0.1) is 11.3 Å². The summed E-state index contributed by atoms with van der Waals surface area (Å²) in [6, 6.07) is 6.02. The highest BCUT2D eigenvalue weighted by molar-refractivity contribution is 7.17. The second-order valence-corrected chi connectivity index (χ2v) is 3.83. The van der Waals surface area contributed by atoms with Crippen LogP contribution in [0.25, 0.3) is 10.1 Å². The van der Waals surface area contributed by atoms with Crippen molar-refractivity contribution in [1.82, 2.24) is 0 Å². The maximum Gasteiger partial charge on any atom is 0.0734 e. The van der Waals surface area contributed by atoms with E-state index in [0.717, 1.165) is 5.56 Å². The number of rotatable bonds is 1. The smallest absolute Gasteiger partial charge is 0.0734 e. The zero-order valence-electron chi connectivity index (χ0n) is 7.19. The lowest BCUT2D eigenvalue weighted by Crippen LogP contribution is -1.79. The molecule has 2 rings (SSSR count). The maximum absolute atomic E-state index is 8.38. The number of hydrogen-bond acceptors (Lipinski definition) is 3. The fourth-order valence-corrected chi connectivity index (χ4v) is 2.25. The van der Waals surface area contributed by atoms with Gasteiger partial charge in [0.25, 0.3) is 0 Å². The second-order valence-electron chi connectivity index (χ2n) is 2.92. The first-order valence-electron chi connectivity index (χ1n) is 3.96. The summed E-state index contributed by atoms with van der Waals surface area (Å²) in [6.07, 6.45) is 1.44. The number of nitrogens with zero attached hydrogens (tertiary/aromatic N) is 1. The third-order valence-corrected chi connectivity index (χ3v) is 3.08. The van der Waals surface area contributed by atoms with E-state index >= 15 is 0 Å². The minimum Gasteiger partial charge on any atom is -0.411 e. The molecule has 1 aromatic carbocycles. The second kappa shape index (κ2) is 3.18. The predicted molar refractivity (Wildman–Crippen MR) is 55.9 cm³/mol. The van der Waals surface area contributed by atoms with Gasteiger partial charge in [0.15, 0.2) is 0 Å². The van der Waals surface area contributed by atoms with Crippen molar-refractivity contribution in [2.75, 3.05) is 0 Å². The Morgan fingerprint density at radius 1 is 1.46 bits per heavy atom. The molecule has 0 bridgehead atoms. The molecule has 1 heterocycles. The first kappa shape index (κ1) is 8.26. The molecule has 0 unspecified atom stereocenters. The first-order valence-corrected chi connectivity index (χ1v) is 4.84. The quantitative estimate of drug-likeness (QED) is 0.419. The molecule has 0 aliphatic heterocycles. The molecule has 2 aromatic rings. The largest absolute Gasteiger partial charge is 0.411 e. The monoisotopic (exact) mass is 191 g/mol. The molecule has 1 N–H and O–H groups in total. The lowest BCUT2D eigenvalue weighted by Gasteiger charge is -1.93. The average molecular weight is 191 g/mol. The Balaban J connectivity index is 2.65.